The molecule has 0 aliphatic heterocycles. The molecule has 1 aliphatic carbocycles. The number of hydrogen-bond donors (Lipinski definition) is 0. The second-order valence-electron chi connectivity index (χ2n) is 9.18. The van der Waals surface area contributed by atoms with Crippen LogP contribution >= 0.6 is 0 Å². The Hall–Kier alpha value is -2.53. The van der Waals surface area contributed by atoms with Gasteiger partial charge in [-0.05, 0) is 62.3 Å². The second-order valence-corrected chi connectivity index (χ2v) is 9.18. The Bertz CT molecular complexity index is 929. The van der Waals surface area contributed by atoms with E-state index in [0.29, 0.717) is 11.6 Å². The molecule has 0 bridgehead atoms. The third-order valence-electron chi connectivity index (χ3n) is 6.45. The number of halogens is 6. The Balaban J connectivity index is 0.00000137. The summed E-state index contributed by atoms with van der Waals surface area (Å²) in [4.78, 5) is 2.36. The SMILES string of the molecule is CC#N.CC(C)N(CCCc1ccc(C2CC(C(F)(F)F)C2C(F)(F)F)cc1)Cc1ccccc1. The van der Waals surface area contributed by atoms with Crippen LogP contribution in [0, 0.1) is 23.2 Å². The maximum absolute atomic E-state index is 13.3. The number of alkyl halides is 6. The summed E-state index contributed by atoms with van der Waals surface area (Å²) in [5.74, 6) is -5.79. The van der Waals surface area contributed by atoms with Gasteiger partial charge in [-0.15, -0.1) is 0 Å². The molecule has 0 saturated heterocycles. The average Bonchev–Trinajstić information content (AvgIpc) is 2.72. The van der Waals surface area contributed by atoms with Crippen LogP contribution in [0.5, 0.6) is 0 Å². The Morgan fingerprint density at radius 1 is 0.914 bits per heavy atom. The van der Waals surface area contributed by atoms with E-state index in [-0.39, 0.29) is 0 Å². The van der Waals surface area contributed by atoms with Crippen LogP contribution in [0.3, 0.4) is 0 Å². The zero-order chi connectivity index (χ0) is 26.2. The minimum absolute atomic E-state index is 0.337. The van der Waals surface area contributed by atoms with Crippen molar-refractivity contribution in [1.29, 1.82) is 5.26 Å². The first-order valence-electron chi connectivity index (χ1n) is 11.7. The zero-order valence-corrected chi connectivity index (χ0v) is 20.2. The largest absolute Gasteiger partial charge is 0.393 e. The number of aryl methyl sites for hydroxylation is 1. The first kappa shape index (κ1) is 28.7. The van der Waals surface area contributed by atoms with Crippen LogP contribution < -0.4 is 0 Å². The summed E-state index contributed by atoms with van der Waals surface area (Å²) in [5.41, 5.74) is 2.55. The number of benzene rings is 2. The normalized spacial score (nSPS) is 20.1. The Kier molecular flexibility index (Phi) is 10.2. The quantitative estimate of drug-likeness (QED) is 0.346. The van der Waals surface area contributed by atoms with E-state index in [1.807, 2.05) is 18.2 Å². The van der Waals surface area contributed by atoms with Crippen LogP contribution in [-0.4, -0.2) is 29.8 Å². The van der Waals surface area contributed by atoms with E-state index in [0.717, 1.165) is 31.5 Å². The van der Waals surface area contributed by atoms with Gasteiger partial charge in [0.05, 0.1) is 17.9 Å². The van der Waals surface area contributed by atoms with E-state index >= 15 is 0 Å². The molecule has 192 valence electrons. The first-order valence-corrected chi connectivity index (χ1v) is 11.7. The van der Waals surface area contributed by atoms with E-state index in [4.69, 9.17) is 5.26 Å². The summed E-state index contributed by atoms with van der Waals surface area (Å²) in [6.07, 6.45) is -8.54. The van der Waals surface area contributed by atoms with Crippen molar-refractivity contribution in [1.82, 2.24) is 4.90 Å². The molecule has 8 heteroatoms. The van der Waals surface area contributed by atoms with Crippen molar-refractivity contribution >= 4 is 0 Å². The molecule has 35 heavy (non-hydrogen) atoms. The topological polar surface area (TPSA) is 27.0 Å². The summed E-state index contributed by atoms with van der Waals surface area (Å²) >= 11 is 0. The lowest BCUT2D eigenvalue weighted by atomic mass is 9.61. The van der Waals surface area contributed by atoms with Crippen molar-refractivity contribution in [2.45, 2.75) is 70.9 Å². The molecule has 2 aromatic rings. The van der Waals surface area contributed by atoms with Gasteiger partial charge in [0.25, 0.3) is 0 Å². The molecule has 1 fully saturated rings. The molecule has 2 aromatic carbocycles. The maximum Gasteiger partial charge on any atom is 0.393 e. The fourth-order valence-electron chi connectivity index (χ4n) is 4.54. The molecular formula is C27H32F6N2. The van der Waals surface area contributed by atoms with Gasteiger partial charge in [0, 0.05) is 19.5 Å². The molecule has 0 heterocycles. The fraction of sp³-hybridized carbons (Fsp3) is 0.519. The Morgan fingerprint density at radius 2 is 1.49 bits per heavy atom. The van der Waals surface area contributed by atoms with Crippen LogP contribution in [0.15, 0.2) is 54.6 Å². The van der Waals surface area contributed by atoms with Crippen molar-refractivity contribution in [3.63, 3.8) is 0 Å². The van der Waals surface area contributed by atoms with E-state index < -0.39 is 36.5 Å². The fourth-order valence-corrected chi connectivity index (χ4v) is 4.54. The molecule has 3 rings (SSSR count). The summed E-state index contributed by atoms with van der Waals surface area (Å²) in [6.45, 7) is 7.43. The molecule has 3 unspecified atom stereocenters. The smallest absolute Gasteiger partial charge is 0.297 e. The highest BCUT2D eigenvalue weighted by Gasteiger charge is 2.64. The van der Waals surface area contributed by atoms with E-state index in [9.17, 15) is 26.3 Å². The Morgan fingerprint density at radius 3 is 1.97 bits per heavy atom. The van der Waals surface area contributed by atoms with Crippen LogP contribution in [-0.2, 0) is 13.0 Å². The lowest BCUT2D eigenvalue weighted by Crippen LogP contribution is -2.51. The van der Waals surface area contributed by atoms with Gasteiger partial charge < -0.3 is 0 Å². The number of rotatable bonds is 8. The molecule has 2 nitrogen and oxygen atoms in total. The van der Waals surface area contributed by atoms with Gasteiger partial charge in [-0.1, -0.05) is 54.6 Å². The predicted molar refractivity (Wildman–Crippen MR) is 124 cm³/mol. The Labute approximate surface area is 203 Å². The number of hydrogen-bond acceptors (Lipinski definition) is 2. The van der Waals surface area contributed by atoms with Gasteiger partial charge >= 0.3 is 12.4 Å². The molecule has 3 atom stereocenters. The van der Waals surface area contributed by atoms with Gasteiger partial charge in [0.15, 0.2) is 0 Å². The van der Waals surface area contributed by atoms with E-state index in [1.54, 1.807) is 30.3 Å². The van der Waals surface area contributed by atoms with Crippen molar-refractivity contribution in [2.24, 2.45) is 11.8 Å². The van der Waals surface area contributed by atoms with Crippen molar-refractivity contribution in [3.05, 3.63) is 71.3 Å². The van der Waals surface area contributed by atoms with Crippen molar-refractivity contribution in [3.8, 4) is 6.07 Å². The summed E-state index contributed by atoms with van der Waals surface area (Å²) in [7, 11) is 0. The van der Waals surface area contributed by atoms with Crippen LogP contribution in [0.4, 0.5) is 26.3 Å². The van der Waals surface area contributed by atoms with Crippen LogP contribution in [0.2, 0.25) is 0 Å². The zero-order valence-electron chi connectivity index (χ0n) is 20.2. The first-order chi connectivity index (χ1) is 16.4. The summed E-state index contributed by atoms with van der Waals surface area (Å²) in [6, 6.07) is 18.9. The lowest BCUT2D eigenvalue weighted by Gasteiger charge is -2.46. The molecule has 0 aromatic heterocycles. The monoisotopic (exact) mass is 498 g/mol. The maximum atomic E-state index is 13.3. The molecule has 0 spiro atoms. The molecule has 0 N–H and O–H groups in total. The average molecular weight is 499 g/mol. The van der Waals surface area contributed by atoms with E-state index in [1.165, 1.54) is 12.5 Å². The summed E-state index contributed by atoms with van der Waals surface area (Å²) in [5, 5.41) is 7.32. The number of nitrogens with zero attached hydrogens (tertiary/aromatic N) is 2. The van der Waals surface area contributed by atoms with Gasteiger partial charge in [0.1, 0.15) is 0 Å². The number of nitriles is 1. The minimum atomic E-state index is -4.86. The van der Waals surface area contributed by atoms with Crippen LogP contribution in [0.25, 0.3) is 0 Å². The third-order valence-corrected chi connectivity index (χ3v) is 6.45. The highest BCUT2D eigenvalue weighted by molar-refractivity contribution is 5.29. The van der Waals surface area contributed by atoms with Crippen LogP contribution in [0.1, 0.15) is 56.2 Å². The summed E-state index contributed by atoms with van der Waals surface area (Å²) < 4.78 is 78.6. The van der Waals surface area contributed by atoms with Gasteiger partial charge in [-0.2, -0.15) is 31.6 Å². The van der Waals surface area contributed by atoms with Gasteiger partial charge in [-0.25, -0.2) is 0 Å². The lowest BCUT2D eigenvalue weighted by molar-refractivity contribution is -0.292. The predicted octanol–water partition coefficient (Wildman–Crippen LogP) is 7.90. The van der Waals surface area contributed by atoms with E-state index in [2.05, 4.69) is 30.9 Å². The standard InChI is InChI=1S/C25H29F6N.C2H3N/c1-17(2)32(16-19-7-4-3-5-8-19)14-6-9-18-10-12-20(13-11-18)21-15-22(24(26,27)28)23(21)25(29,30)31;1-2-3/h3-5,7-8,10-13,17,21-23H,6,9,14-16H2,1-2H3;1H3. The van der Waals surface area contributed by atoms with Crippen molar-refractivity contribution in [2.75, 3.05) is 6.54 Å². The molecule has 0 amide bonds. The van der Waals surface area contributed by atoms with Gasteiger partial charge in [-0.3, -0.25) is 4.90 Å². The van der Waals surface area contributed by atoms with Gasteiger partial charge in [0.2, 0.25) is 0 Å². The molecule has 0 radical (unpaired) electrons. The molecule has 1 saturated carbocycles. The second kappa shape index (κ2) is 12.4. The molecular weight excluding hydrogens is 466 g/mol. The molecule has 1 aliphatic rings. The highest BCUT2D eigenvalue weighted by atomic mass is 19.4. The highest BCUT2D eigenvalue weighted by Crippen LogP contribution is 2.59. The van der Waals surface area contributed by atoms with Crippen molar-refractivity contribution < 1.29 is 26.3 Å². The minimum Gasteiger partial charge on any atom is -0.297 e. The third kappa shape index (κ3) is 8.28.